The highest BCUT2D eigenvalue weighted by Gasteiger charge is 2.27. The van der Waals surface area contributed by atoms with E-state index in [0.29, 0.717) is 12.1 Å². The molecule has 0 bridgehead atoms. The molecule has 2 rings (SSSR count). The molecule has 2 atom stereocenters. The Hall–Kier alpha value is -0.670. The predicted octanol–water partition coefficient (Wildman–Crippen LogP) is 4.34. The van der Waals surface area contributed by atoms with Gasteiger partial charge in [0, 0.05) is 16.7 Å². The molecule has 0 radical (unpaired) electrons. The SMILES string of the molecule is CCCNC(CCC(C)C)C1CSc2ccccc2O1. The molecular formula is C17H27NOS. The Balaban J connectivity index is 1.98. The molecule has 0 aliphatic carbocycles. The average Bonchev–Trinajstić information content (AvgIpc) is 2.46. The first-order valence-corrected chi connectivity index (χ1v) is 8.81. The van der Waals surface area contributed by atoms with Crippen molar-refractivity contribution in [3.05, 3.63) is 24.3 Å². The van der Waals surface area contributed by atoms with Gasteiger partial charge in [-0.1, -0.05) is 32.9 Å². The largest absolute Gasteiger partial charge is 0.487 e. The average molecular weight is 293 g/mol. The number of para-hydroxylation sites is 1. The Labute approximate surface area is 127 Å². The van der Waals surface area contributed by atoms with Crippen LogP contribution in [0.3, 0.4) is 0 Å². The van der Waals surface area contributed by atoms with E-state index in [2.05, 4.69) is 50.4 Å². The summed E-state index contributed by atoms with van der Waals surface area (Å²) in [5.74, 6) is 2.86. The third-order valence-corrected chi connectivity index (χ3v) is 4.83. The summed E-state index contributed by atoms with van der Waals surface area (Å²) in [6.45, 7) is 7.89. The Morgan fingerprint density at radius 3 is 2.85 bits per heavy atom. The highest BCUT2D eigenvalue weighted by molar-refractivity contribution is 7.99. The highest BCUT2D eigenvalue weighted by Crippen LogP contribution is 2.36. The quantitative estimate of drug-likeness (QED) is 0.808. The van der Waals surface area contributed by atoms with Crippen LogP contribution >= 0.6 is 11.8 Å². The minimum absolute atomic E-state index is 0.292. The molecule has 112 valence electrons. The zero-order chi connectivity index (χ0) is 14.4. The van der Waals surface area contributed by atoms with Crippen molar-refractivity contribution in [2.45, 2.75) is 57.1 Å². The summed E-state index contributed by atoms with van der Waals surface area (Å²) in [7, 11) is 0. The summed E-state index contributed by atoms with van der Waals surface area (Å²) in [5, 5.41) is 3.69. The predicted molar refractivity (Wildman–Crippen MR) is 87.7 cm³/mol. The van der Waals surface area contributed by atoms with Crippen LogP contribution in [0.25, 0.3) is 0 Å². The fraction of sp³-hybridized carbons (Fsp3) is 0.647. The van der Waals surface area contributed by atoms with Gasteiger partial charge < -0.3 is 10.1 Å². The first-order chi connectivity index (χ1) is 9.70. The molecule has 1 heterocycles. The normalized spacial score (nSPS) is 19.5. The molecule has 0 amide bonds. The monoisotopic (exact) mass is 293 g/mol. The number of fused-ring (bicyclic) bond motifs is 1. The van der Waals surface area contributed by atoms with E-state index in [1.165, 1.54) is 24.2 Å². The number of benzene rings is 1. The summed E-state index contributed by atoms with van der Waals surface area (Å²) < 4.78 is 6.24. The van der Waals surface area contributed by atoms with E-state index in [-0.39, 0.29) is 0 Å². The molecule has 1 aliphatic rings. The zero-order valence-electron chi connectivity index (χ0n) is 12.9. The summed E-state index contributed by atoms with van der Waals surface area (Å²) in [6.07, 6.45) is 3.92. The molecule has 0 spiro atoms. The fourth-order valence-corrected chi connectivity index (χ4v) is 3.57. The van der Waals surface area contributed by atoms with E-state index in [9.17, 15) is 0 Å². The smallest absolute Gasteiger partial charge is 0.133 e. The lowest BCUT2D eigenvalue weighted by Gasteiger charge is -2.33. The molecular weight excluding hydrogens is 266 g/mol. The van der Waals surface area contributed by atoms with Crippen LogP contribution in [-0.2, 0) is 0 Å². The van der Waals surface area contributed by atoms with E-state index in [1.54, 1.807) is 0 Å². The van der Waals surface area contributed by atoms with E-state index in [0.717, 1.165) is 24.0 Å². The summed E-state index contributed by atoms with van der Waals surface area (Å²) in [4.78, 5) is 1.28. The molecule has 1 aromatic rings. The Morgan fingerprint density at radius 1 is 1.30 bits per heavy atom. The Bertz CT molecular complexity index is 408. The zero-order valence-corrected chi connectivity index (χ0v) is 13.7. The van der Waals surface area contributed by atoms with Crippen molar-refractivity contribution in [3.8, 4) is 5.75 Å². The lowest BCUT2D eigenvalue weighted by Crippen LogP contribution is -2.46. The van der Waals surface area contributed by atoms with Gasteiger partial charge in [0.05, 0.1) is 0 Å². The molecule has 2 unspecified atom stereocenters. The van der Waals surface area contributed by atoms with Crippen molar-refractivity contribution in [1.82, 2.24) is 5.32 Å². The van der Waals surface area contributed by atoms with Crippen molar-refractivity contribution in [2.24, 2.45) is 5.92 Å². The topological polar surface area (TPSA) is 21.3 Å². The first kappa shape index (κ1) is 15.7. The summed E-state index contributed by atoms with van der Waals surface area (Å²) in [5.41, 5.74) is 0. The Kier molecular flexibility index (Phi) is 6.24. The van der Waals surface area contributed by atoms with Crippen molar-refractivity contribution in [2.75, 3.05) is 12.3 Å². The summed E-state index contributed by atoms with van der Waals surface area (Å²) in [6, 6.07) is 8.86. The van der Waals surface area contributed by atoms with Gasteiger partial charge >= 0.3 is 0 Å². The van der Waals surface area contributed by atoms with Crippen LogP contribution < -0.4 is 10.1 Å². The molecule has 1 aliphatic heterocycles. The van der Waals surface area contributed by atoms with Crippen LogP contribution in [0.5, 0.6) is 5.75 Å². The van der Waals surface area contributed by atoms with Gasteiger partial charge in [0.2, 0.25) is 0 Å². The maximum atomic E-state index is 6.24. The van der Waals surface area contributed by atoms with Crippen molar-refractivity contribution in [1.29, 1.82) is 0 Å². The van der Waals surface area contributed by atoms with Crippen LogP contribution in [-0.4, -0.2) is 24.4 Å². The van der Waals surface area contributed by atoms with Crippen LogP contribution in [0, 0.1) is 5.92 Å². The first-order valence-electron chi connectivity index (χ1n) is 7.82. The second kappa shape index (κ2) is 7.94. The maximum absolute atomic E-state index is 6.24. The molecule has 0 aromatic heterocycles. The summed E-state index contributed by atoms with van der Waals surface area (Å²) >= 11 is 1.93. The maximum Gasteiger partial charge on any atom is 0.133 e. The third-order valence-electron chi connectivity index (χ3n) is 3.69. The van der Waals surface area contributed by atoms with Gasteiger partial charge in [-0.05, 0) is 43.9 Å². The second-order valence-electron chi connectivity index (χ2n) is 5.95. The molecule has 1 aromatic carbocycles. The van der Waals surface area contributed by atoms with E-state index in [1.807, 2.05) is 11.8 Å². The fourth-order valence-electron chi connectivity index (χ4n) is 2.50. The van der Waals surface area contributed by atoms with Crippen LogP contribution in [0.4, 0.5) is 0 Å². The number of thioether (sulfide) groups is 1. The lowest BCUT2D eigenvalue weighted by molar-refractivity contribution is 0.157. The van der Waals surface area contributed by atoms with Crippen molar-refractivity contribution in [3.63, 3.8) is 0 Å². The molecule has 0 fully saturated rings. The lowest BCUT2D eigenvalue weighted by atomic mass is 10.00. The Morgan fingerprint density at radius 2 is 2.10 bits per heavy atom. The van der Waals surface area contributed by atoms with Gasteiger partial charge in [-0.2, -0.15) is 0 Å². The van der Waals surface area contributed by atoms with E-state index >= 15 is 0 Å². The standard InChI is InChI=1S/C17H27NOS/c1-4-11-18-14(10-9-13(2)3)16-12-20-17-8-6-5-7-15(17)19-16/h5-8,13-14,16,18H,4,9-12H2,1-3H3. The second-order valence-corrected chi connectivity index (χ2v) is 7.01. The van der Waals surface area contributed by atoms with Gasteiger partial charge in [0.15, 0.2) is 0 Å². The third kappa shape index (κ3) is 4.42. The molecule has 2 nitrogen and oxygen atoms in total. The van der Waals surface area contributed by atoms with Gasteiger partial charge in [-0.25, -0.2) is 0 Å². The van der Waals surface area contributed by atoms with E-state index in [4.69, 9.17) is 4.74 Å². The van der Waals surface area contributed by atoms with Crippen molar-refractivity contribution < 1.29 is 4.74 Å². The van der Waals surface area contributed by atoms with Crippen LogP contribution in [0.1, 0.15) is 40.0 Å². The highest BCUT2D eigenvalue weighted by atomic mass is 32.2. The number of rotatable bonds is 7. The van der Waals surface area contributed by atoms with Gasteiger partial charge in [0.1, 0.15) is 11.9 Å². The minimum atomic E-state index is 0.292. The molecule has 3 heteroatoms. The number of ether oxygens (including phenoxy) is 1. The van der Waals surface area contributed by atoms with Gasteiger partial charge in [-0.3, -0.25) is 0 Å². The van der Waals surface area contributed by atoms with Crippen LogP contribution in [0.2, 0.25) is 0 Å². The minimum Gasteiger partial charge on any atom is -0.487 e. The number of hydrogen-bond acceptors (Lipinski definition) is 3. The van der Waals surface area contributed by atoms with E-state index < -0.39 is 0 Å². The molecule has 1 N–H and O–H groups in total. The van der Waals surface area contributed by atoms with Crippen molar-refractivity contribution >= 4 is 11.8 Å². The van der Waals surface area contributed by atoms with Gasteiger partial charge in [0.25, 0.3) is 0 Å². The van der Waals surface area contributed by atoms with Gasteiger partial charge in [-0.15, -0.1) is 11.8 Å². The van der Waals surface area contributed by atoms with Crippen LogP contribution in [0.15, 0.2) is 29.2 Å². The number of hydrogen-bond donors (Lipinski definition) is 1. The number of nitrogens with one attached hydrogen (secondary N) is 1. The molecule has 0 saturated heterocycles. The molecule has 0 saturated carbocycles. The molecule has 20 heavy (non-hydrogen) atoms.